The number of aromatic amines is 1. The fourth-order valence-corrected chi connectivity index (χ4v) is 3.29. The number of nitrogens with one attached hydrogen (secondary N) is 2. The molecule has 6 heteroatoms. The molecule has 28 heavy (non-hydrogen) atoms. The molecule has 4 aromatic rings. The molecule has 2 aromatic heterocycles. The Morgan fingerprint density at radius 1 is 1.14 bits per heavy atom. The lowest BCUT2D eigenvalue weighted by molar-refractivity contribution is 0.0946. The fraction of sp³-hybridized carbons (Fsp3) is 0.182. The fourth-order valence-electron chi connectivity index (χ4n) is 3.29. The number of fused-ring (bicyclic) bond motifs is 3. The van der Waals surface area contributed by atoms with Gasteiger partial charge in [-0.05, 0) is 42.8 Å². The third-order valence-corrected chi connectivity index (χ3v) is 4.71. The second-order valence-corrected chi connectivity index (χ2v) is 6.51. The Bertz CT molecular complexity index is 1130. The summed E-state index contributed by atoms with van der Waals surface area (Å²) >= 11 is 0. The van der Waals surface area contributed by atoms with E-state index >= 15 is 0 Å². The van der Waals surface area contributed by atoms with Crippen LogP contribution >= 0.6 is 0 Å². The van der Waals surface area contributed by atoms with Crippen molar-refractivity contribution >= 4 is 27.7 Å². The van der Waals surface area contributed by atoms with E-state index in [4.69, 9.17) is 9.84 Å². The van der Waals surface area contributed by atoms with Crippen LogP contribution in [0.1, 0.15) is 16.9 Å². The molecule has 0 atom stereocenters. The van der Waals surface area contributed by atoms with Crippen molar-refractivity contribution in [1.29, 1.82) is 0 Å². The van der Waals surface area contributed by atoms with Crippen LogP contribution in [0.25, 0.3) is 33.1 Å². The van der Waals surface area contributed by atoms with Gasteiger partial charge in [0.05, 0.1) is 18.3 Å². The molecular formula is C22H21N3O3. The monoisotopic (exact) mass is 375 g/mol. The Labute approximate surface area is 162 Å². The number of aromatic nitrogens is 2. The van der Waals surface area contributed by atoms with E-state index in [0.29, 0.717) is 24.4 Å². The topological polar surface area (TPSA) is 87.2 Å². The van der Waals surface area contributed by atoms with Gasteiger partial charge >= 0.3 is 0 Å². The lowest BCUT2D eigenvalue weighted by Gasteiger charge is -2.09. The van der Waals surface area contributed by atoms with Crippen molar-refractivity contribution in [1.82, 2.24) is 15.3 Å². The minimum absolute atomic E-state index is 0.0340. The minimum Gasteiger partial charge on any atom is -0.497 e. The molecule has 0 saturated heterocycles. The minimum atomic E-state index is -0.254. The van der Waals surface area contributed by atoms with Crippen LogP contribution in [0.2, 0.25) is 0 Å². The van der Waals surface area contributed by atoms with E-state index in [2.05, 4.69) is 15.3 Å². The first-order valence-electron chi connectivity index (χ1n) is 9.16. The second kappa shape index (κ2) is 7.70. The Kier molecular flexibility index (Phi) is 4.95. The summed E-state index contributed by atoms with van der Waals surface area (Å²) in [4.78, 5) is 20.7. The van der Waals surface area contributed by atoms with Crippen LogP contribution in [0.3, 0.4) is 0 Å². The number of rotatable bonds is 6. The van der Waals surface area contributed by atoms with Crippen molar-refractivity contribution in [3.8, 4) is 17.0 Å². The number of amides is 1. The Morgan fingerprint density at radius 3 is 2.68 bits per heavy atom. The maximum atomic E-state index is 12.6. The van der Waals surface area contributed by atoms with Gasteiger partial charge in [0.15, 0.2) is 0 Å². The maximum Gasteiger partial charge on any atom is 0.269 e. The highest BCUT2D eigenvalue weighted by Gasteiger charge is 2.16. The third kappa shape index (κ3) is 3.30. The molecule has 6 nitrogen and oxygen atoms in total. The molecule has 0 spiro atoms. The number of hydrogen-bond donors (Lipinski definition) is 3. The Morgan fingerprint density at radius 2 is 1.93 bits per heavy atom. The number of aliphatic hydroxyl groups excluding tert-OH is 1. The molecule has 0 unspecified atom stereocenters. The summed E-state index contributed by atoms with van der Waals surface area (Å²) in [5, 5.41) is 13.7. The van der Waals surface area contributed by atoms with Crippen molar-refractivity contribution in [3.05, 3.63) is 60.3 Å². The molecule has 0 radical (unpaired) electrons. The lowest BCUT2D eigenvalue weighted by Crippen LogP contribution is -2.26. The average Bonchev–Trinajstić information content (AvgIpc) is 3.12. The number of hydrogen-bond acceptors (Lipinski definition) is 4. The zero-order valence-electron chi connectivity index (χ0n) is 15.5. The van der Waals surface area contributed by atoms with Gasteiger partial charge in [-0.3, -0.25) is 4.79 Å². The predicted molar refractivity (Wildman–Crippen MR) is 110 cm³/mol. The van der Waals surface area contributed by atoms with Crippen molar-refractivity contribution in [2.45, 2.75) is 6.42 Å². The van der Waals surface area contributed by atoms with E-state index in [-0.39, 0.29) is 12.5 Å². The molecule has 0 bridgehead atoms. The van der Waals surface area contributed by atoms with Crippen LogP contribution in [0.4, 0.5) is 0 Å². The summed E-state index contributed by atoms with van der Waals surface area (Å²) < 4.78 is 5.24. The maximum absolute atomic E-state index is 12.6. The molecule has 2 aromatic carbocycles. The van der Waals surface area contributed by atoms with E-state index in [0.717, 1.165) is 33.1 Å². The highest BCUT2D eigenvalue weighted by atomic mass is 16.5. The summed E-state index contributed by atoms with van der Waals surface area (Å²) in [5.41, 5.74) is 3.83. The smallest absolute Gasteiger partial charge is 0.269 e. The van der Waals surface area contributed by atoms with E-state index in [1.54, 1.807) is 7.11 Å². The van der Waals surface area contributed by atoms with Crippen LogP contribution in [0.5, 0.6) is 5.75 Å². The summed E-state index contributed by atoms with van der Waals surface area (Å²) in [6.07, 6.45) is 0.506. The first-order valence-corrected chi connectivity index (χ1v) is 9.16. The number of ether oxygens (including phenoxy) is 1. The van der Waals surface area contributed by atoms with Crippen molar-refractivity contribution < 1.29 is 14.6 Å². The molecule has 3 N–H and O–H groups in total. The summed E-state index contributed by atoms with van der Waals surface area (Å²) in [6.45, 7) is 0.438. The molecule has 0 saturated carbocycles. The van der Waals surface area contributed by atoms with Gasteiger partial charge in [-0.25, -0.2) is 4.98 Å². The summed E-state index contributed by atoms with van der Waals surface area (Å²) in [6, 6.07) is 17.4. The van der Waals surface area contributed by atoms with Gasteiger partial charge in [0.2, 0.25) is 0 Å². The highest BCUT2D eigenvalue weighted by Crippen LogP contribution is 2.33. The molecule has 0 aliphatic rings. The number of para-hydroxylation sites is 1. The Hall–Kier alpha value is -3.38. The molecule has 142 valence electrons. The quantitative estimate of drug-likeness (QED) is 0.450. The first kappa shape index (κ1) is 18.0. The van der Waals surface area contributed by atoms with Gasteiger partial charge in [-0.1, -0.05) is 18.2 Å². The molecular weight excluding hydrogens is 354 g/mol. The molecule has 0 fully saturated rings. The third-order valence-electron chi connectivity index (χ3n) is 4.71. The predicted octanol–water partition coefficient (Wildman–Crippen LogP) is 3.50. The molecule has 1 amide bonds. The summed E-state index contributed by atoms with van der Waals surface area (Å²) in [7, 11) is 1.63. The van der Waals surface area contributed by atoms with Gasteiger partial charge in [-0.15, -0.1) is 0 Å². The number of methoxy groups -OCH3 is 1. The molecule has 4 rings (SSSR count). The lowest BCUT2D eigenvalue weighted by atomic mass is 10.1. The number of benzene rings is 2. The largest absolute Gasteiger partial charge is 0.497 e. The van der Waals surface area contributed by atoms with Gasteiger partial charge in [-0.2, -0.15) is 0 Å². The average molecular weight is 375 g/mol. The highest BCUT2D eigenvalue weighted by molar-refractivity contribution is 6.13. The number of aliphatic hydroxyl groups is 1. The SMILES string of the molecule is COc1ccc(-c2nc(C(=O)NCCCO)cc3c2[nH]c2ccccc23)cc1. The van der Waals surface area contributed by atoms with Crippen molar-refractivity contribution in [2.75, 3.05) is 20.3 Å². The molecule has 2 heterocycles. The van der Waals surface area contributed by atoms with Crippen LogP contribution < -0.4 is 10.1 Å². The summed E-state index contributed by atoms with van der Waals surface area (Å²) in [5.74, 6) is 0.505. The van der Waals surface area contributed by atoms with Gasteiger partial charge < -0.3 is 20.1 Å². The van der Waals surface area contributed by atoms with Crippen LogP contribution in [0.15, 0.2) is 54.6 Å². The van der Waals surface area contributed by atoms with E-state index in [9.17, 15) is 4.79 Å². The van der Waals surface area contributed by atoms with Gasteiger partial charge in [0.1, 0.15) is 11.4 Å². The zero-order chi connectivity index (χ0) is 19.5. The van der Waals surface area contributed by atoms with Gasteiger partial charge in [0.25, 0.3) is 5.91 Å². The normalized spacial score (nSPS) is 11.1. The van der Waals surface area contributed by atoms with E-state index in [1.165, 1.54) is 0 Å². The zero-order valence-corrected chi connectivity index (χ0v) is 15.5. The van der Waals surface area contributed by atoms with Crippen molar-refractivity contribution in [2.24, 2.45) is 0 Å². The molecule has 0 aliphatic carbocycles. The van der Waals surface area contributed by atoms with Crippen LogP contribution in [-0.2, 0) is 0 Å². The Balaban J connectivity index is 1.88. The molecule has 0 aliphatic heterocycles. The second-order valence-electron chi connectivity index (χ2n) is 6.51. The number of pyridine rings is 1. The van der Waals surface area contributed by atoms with E-state index in [1.807, 2.05) is 54.6 Å². The van der Waals surface area contributed by atoms with Crippen molar-refractivity contribution in [3.63, 3.8) is 0 Å². The number of carbonyl (C=O) groups is 1. The standard InChI is InChI=1S/C22H21N3O3/c1-28-15-9-7-14(8-10-15)20-21-17(16-5-2-3-6-18(16)24-21)13-19(25-20)22(27)23-11-4-12-26/h2-3,5-10,13,24,26H,4,11-12H2,1H3,(H,23,27). The number of carbonyl (C=O) groups excluding carboxylic acids is 1. The van der Waals surface area contributed by atoms with Gasteiger partial charge in [0, 0.05) is 35.0 Å². The van der Waals surface area contributed by atoms with Crippen LogP contribution in [-0.4, -0.2) is 41.2 Å². The van der Waals surface area contributed by atoms with E-state index < -0.39 is 0 Å². The number of H-pyrrole nitrogens is 1. The first-order chi connectivity index (χ1) is 13.7. The number of nitrogens with zero attached hydrogens (tertiary/aromatic N) is 1. The van der Waals surface area contributed by atoms with Crippen LogP contribution in [0, 0.1) is 0 Å².